The summed E-state index contributed by atoms with van der Waals surface area (Å²) in [6.07, 6.45) is 1.97. The standard InChI is InChI=1S/C22H26N4O2/c1-5-28-17-10-8-16(9-11-17)19-7-6-12-26(19)22(27)18-13-14(2)23-21-20(18)15(3)24-25(21)4/h8-11,13,19H,5-7,12H2,1-4H3/t19-/m0/s1. The van der Waals surface area contributed by atoms with Crippen LogP contribution in [0.2, 0.25) is 0 Å². The van der Waals surface area contributed by atoms with Gasteiger partial charge >= 0.3 is 0 Å². The normalized spacial score (nSPS) is 16.7. The molecule has 1 atom stereocenters. The van der Waals surface area contributed by atoms with Gasteiger partial charge in [0.1, 0.15) is 5.75 Å². The van der Waals surface area contributed by atoms with E-state index < -0.39 is 0 Å². The van der Waals surface area contributed by atoms with Crippen molar-refractivity contribution in [1.29, 1.82) is 0 Å². The highest BCUT2D eigenvalue weighted by Gasteiger charge is 2.32. The maximum atomic E-state index is 13.6. The fourth-order valence-corrected chi connectivity index (χ4v) is 4.20. The van der Waals surface area contributed by atoms with Crippen molar-refractivity contribution in [1.82, 2.24) is 19.7 Å². The molecule has 0 aliphatic carbocycles. The summed E-state index contributed by atoms with van der Waals surface area (Å²) < 4.78 is 7.30. The molecule has 1 aromatic carbocycles. The van der Waals surface area contributed by atoms with Gasteiger partial charge in [-0.15, -0.1) is 0 Å². The van der Waals surface area contributed by atoms with Crippen LogP contribution in [0.25, 0.3) is 11.0 Å². The van der Waals surface area contributed by atoms with E-state index in [1.807, 2.05) is 50.9 Å². The molecule has 0 saturated carbocycles. The molecule has 1 fully saturated rings. The van der Waals surface area contributed by atoms with E-state index >= 15 is 0 Å². The van der Waals surface area contributed by atoms with Crippen molar-refractivity contribution < 1.29 is 9.53 Å². The third-order valence-electron chi connectivity index (χ3n) is 5.42. The van der Waals surface area contributed by atoms with Crippen LogP contribution < -0.4 is 4.74 Å². The lowest BCUT2D eigenvalue weighted by atomic mass is 10.0. The summed E-state index contributed by atoms with van der Waals surface area (Å²) in [5, 5.41) is 5.33. The van der Waals surface area contributed by atoms with E-state index in [9.17, 15) is 4.79 Å². The number of hydrogen-bond donors (Lipinski definition) is 0. The summed E-state index contributed by atoms with van der Waals surface area (Å²) in [7, 11) is 1.87. The van der Waals surface area contributed by atoms with Crippen molar-refractivity contribution in [2.45, 2.75) is 39.7 Å². The number of carbonyl (C=O) groups excluding carboxylic acids is 1. The van der Waals surface area contributed by atoms with Crippen molar-refractivity contribution in [2.24, 2.45) is 7.05 Å². The number of hydrogen-bond acceptors (Lipinski definition) is 4. The van der Waals surface area contributed by atoms with E-state index in [2.05, 4.69) is 22.2 Å². The number of rotatable bonds is 4. The predicted octanol–water partition coefficient (Wildman–Crippen LogP) is 3.96. The second-order valence-electron chi connectivity index (χ2n) is 7.38. The lowest BCUT2D eigenvalue weighted by Gasteiger charge is -2.26. The monoisotopic (exact) mass is 378 g/mol. The van der Waals surface area contributed by atoms with Gasteiger partial charge in [0.25, 0.3) is 5.91 Å². The Hall–Kier alpha value is -2.89. The Bertz CT molecular complexity index is 1020. The molecule has 3 heterocycles. The summed E-state index contributed by atoms with van der Waals surface area (Å²) in [6.45, 7) is 7.24. The van der Waals surface area contributed by atoms with Crippen LogP contribution in [-0.4, -0.2) is 38.7 Å². The van der Waals surface area contributed by atoms with Crippen molar-refractivity contribution in [2.75, 3.05) is 13.2 Å². The predicted molar refractivity (Wildman–Crippen MR) is 109 cm³/mol. The number of amides is 1. The fraction of sp³-hybridized carbons (Fsp3) is 0.409. The first-order chi connectivity index (χ1) is 13.5. The summed E-state index contributed by atoms with van der Waals surface area (Å²) >= 11 is 0. The Labute approximate surface area is 165 Å². The molecule has 0 radical (unpaired) electrons. The fourth-order valence-electron chi connectivity index (χ4n) is 4.20. The van der Waals surface area contributed by atoms with E-state index in [1.165, 1.54) is 0 Å². The zero-order valence-electron chi connectivity index (χ0n) is 16.9. The maximum Gasteiger partial charge on any atom is 0.255 e. The number of nitrogens with zero attached hydrogens (tertiary/aromatic N) is 4. The zero-order valence-corrected chi connectivity index (χ0v) is 16.9. The highest BCUT2D eigenvalue weighted by atomic mass is 16.5. The van der Waals surface area contributed by atoms with E-state index in [1.54, 1.807) is 4.68 Å². The number of likely N-dealkylation sites (tertiary alicyclic amines) is 1. The van der Waals surface area contributed by atoms with Gasteiger partial charge in [0, 0.05) is 19.3 Å². The Morgan fingerprint density at radius 2 is 2.00 bits per heavy atom. The van der Waals surface area contributed by atoms with Gasteiger partial charge in [-0.25, -0.2) is 4.98 Å². The van der Waals surface area contributed by atoms with E-state index in [-0.39, 0.29) is 11.9 Å². The van der Waals surface area contributed by atoms with E-state index in [0.717, 1.165) is 53.1 Å². The van der Waals surface area contributed by atoms with Gasteiger partial charge < -0.3 is 9.64 Å². The number of ether oxygens (including phenoxy) is 1. The van der Waals surface area contributed by atoms with Gasteiger partial charge in [-0.05, 0) is 57.4 Å². The van der Waals surface area contributed by atoms with E-state index in [0.29, 0.717) is 12.2 Å². The lowest BCUT2D eigenvalue weighted by Crippen LogP contribution is -2.31. The first-order valence-electron chi connectivity index (χ1n) is 9.84. The maximum absolute atomic E-state index is 13.6. The zero-order chi connectivity index (χ0) is 19.8. The van der Waals surface area contributed by atoms with Crippen molar-refractivity contribution >= 4 is 16.9 Å². The average molecular weight is 378 g/mol. The molecule has 1 aliphatic rings. The molecule has 0 N–H and O–H groups in total. The smallest absolute Gasteiger partial charge is 0.255 e. The number of benzene rings is 1. The number of pyridine rings is 1. The quantitative estimate of drug-likeness (QED) is 0.689. The van der Waals surface area contributed by atoms with Crippen LogP contribution in [0.3, 0.4) is 0 Å². The van der Waals surface area contributed by atoms with Gasteiger partial charge in [0.2, 0.25) is 0 Å². The molecule has 0 unspecified atom stereocenters. The van der Waals surface area contributed by atoms with Crippen LogP contribution in [0.15, 0.2) is 30.3 Å². The summed E-state index contributed by atoms with van der Waals surface area (Å²) in [6, 6.07) is 10.1. The molecule has 1 aliphatic heterocycles. The van der Waals surface area contributed by atoms with Gasteiger partial charge in [-0.1, -0.05) is 12.1 Å². The van der Waals surface area contributed by atoms with Gasteiger partial charge in [-0.2, -0.15) is 5.10 Å². The van der Waals surface area contributed by atoms with Crippen molar-refractivity contribution in [3.05, 3.63) is 52.8 Å². The van der Waals surface area contributed by atoms with Crippen molar-refractivity contribution in [3.63, 3.8) is 0 Å². The highest BCUT2D eigenvalue weighted by molar-refractivity contribution is 6.06. The molecule has 28 heavy (non-hydrogen) atoms. The van der Waals surface area contributed by atoms with Crippen LogP contribution in [0, 0.1) is 13.8 Å². The van der Waals surface area contributed by atoms with E-state index in [4.69, 9.17) is 4.74 Å². The minimum atomic E-state index is 0.0583. The summed E-state index contributed by atoms with van der Waals surface area (Å²) in [4.78, 5) is 20.1. The molecule has 1 amide bonds. The molecule has 0 bridgehead atoms. The lowest BCUT2D eigenvalue weighted by molar-refractivity contribution is 0.0737. The summed E-state index contributed by atoms with van der Waals surface area (Å²) in [5.74, 6) is 0.919. The Kier molecular flexibility index (Phi) is 4.79. The molecule has 2 aromatic heterocycles. The summed E-state index contributed by atoms with van der Waals surface area (Å²) in [5.41, 5.74) is 4.28. The third kappa shape index (κ3) is 3.13. The number of aromatic nitrogens is 3. The molecule has 6 heteroatoms. The number of aryl methyl sites for hydroxylation is 3. The SMILES string of the molecule is CCOc1ccc([C@@H]2CCCN2C(=O)c2cc(C)nc3c2c(C)nn3C)cc1. The van der Waals surface area contributed by atoms with Crippen LogP contribution in [0.1, 0.15) is 53.1 Å². The molecule has 146 valence electrons. The largest absolute Gasteiger partial charge is 0.494 e. The number of carbonyl (C=O) groups is 1. The van der Waals surface area contributed by atoms with Gasteiger partial charge in [0.05, 0.1) is 29.3 Å². The van der Waals surface area contributed by atoms with Crippen LogP contribution >= 0.6 is 0 Å². The van der Waals surface area contributed by atoms with Crippen LogP contribution in [0.5, 0.6) is 5.75 Å². The molecular weight excluding hydrogens is 352 g/mol. The van der Waals surface area contributed by atoms with Gasteiger partial charge in [0.15, 0.2) is 5.65 Å². The average Bonchev–Trinajstić information content (AvgIpc) is 3.27. The van der Waals surface area contributed by atoms with Crippen LogP contribution in [0.4, 0.5) is 0 Å². The van der Waals surface area contributed by atoms with Crippen LogP contribution in [-0.2, 0) is 7.05 Å². The second-order valence-corrected chi connectivity index (χ2v) is 7.38. The minimum absolute atomic E-state index is 0.0583. The Morgan fingerprint density at radius 3 is 2.71 bits per heavy atom. The molecule has 6 nitrogen and oxygen atoms in total. The molecule has 4 rings (SSSR count). The second kappa shape index (κ2) is 7.26. The first kappa shape index (κ1) is 18.5. The molecule has 0 spiro atoms. The topological polar surface area (TPSA) is 60.2 Å². The van der Waals surface area contributed by atoms with Crippen molar-refractivity contribution in [3.8, 4) is 5.75 Å². The molecular formula is C22H26N4O2. The molecule has 3 aromatic rings. The Morgan fingerprint density at radius 1 is 1.25 bits per heavy atom. The highest BCUT2D eigenvalue weighted by Crippen LogP contribution is 2.35. The minimum Gasteiger partial charge on any atom is -0.494 e. The molecule has 1 saturated heterocycles. The van der Waals surface area contributed by atoms with Gasteiger partial charge in [-0.3, -0.25) is 9.48 Å². The Balaban J connectivity index is 1.70. The first-order valence-corrected chi connectivity index (χ1v) is 9.84. The third-order valence-corrected chi connectivity index (χ3v) is 5.42. The number of fused-ring (bicyclic) bond motifs is 1.